The highest BCUT2D eigenvalue weighted by Crippen LogP contribution is 2.30. The number of fused-ring (bicyclic) bond motifs is 2. The van der Waals surface area contributed by atoms with E-state index in [2.05, 4.69) is 33.0 Å². The van der Waals surface area contributed by atoms with Gasteiger partial charge in [0.1, 0.15) is 5.76 Å². The van der Waals surface area contributed by atoms with Gasteiger partial charge in [0.05, 0.1) is 17.6 Å². The van der Waals surface area contributed by atoms with Crippen LogP contribution in [0.2, 0.25) is 0 Å². The molecule has 0 radical (unpaired) electrons. The van der Waals surface area contributed by atoms with Crippen LogP contribution in [0.5, 0.6) is 0 Å². The number of nitrogens with one attached hydrogen (secondary N) is 1. The number of nitrogens with zero attached hydrogens (tertiary/aromatic N) is 3. The smallest absolute Gasteiger partial charge is 0.176 e. The van der Waals surface area contributed by atoms with Crippen LogP contribution < -0.4 is 5.32 Å². The lowest BCUT2D eigenvalue weighted by Gasteiger charge is -2.21. The zero-order chi connectivity index (χ0) is 16.1. The van der Waals surface area contributed by atoms with Gasteiger partial charge in [0.2, 0.25) is 0 Å². The quantitative estimate of drug-likeness (QED) is 0.805. The molecule has 1 aromatic carbocycles. The maximum absolute atomic E-state index is 6.15. The van der Waals surface area contributed by atoms with Gasteiger partial charge in [-0.2, -0.15) is 0 Å². The number of aryl methyl sites for hydroxylation is 1. The monoisotopic (exact) mass is 322 g/mol. The zero-order valence-corrected chi connectivity index (χ0v) is 13.9. The summed E-state index contributed by atoms with van der Waals surface area (Å²) in [4.78, 5) is 7.28. The van der Waals surface area contributed by atoms with Crippen LogP contribution in [0.25, 0.3) is 22.6 Å². The number of hydrogen-bond donors (Lipinski definition) is 1. The molecule has 2 saturated heterocycles. The summed E-state index contributed by atoms with van der Waals surface area (Å²) in [7, 11) is 2.04. The Labute approximate surface area is 141 Å². The molecule has 0 unspecified atom stereocenters. The number of para-hydroxylation sites is 2. The highest BCUT2D eigenvalue weighted by Gasteiger charge is 2.37. The van der Waals surface area contributed by atoms with Gasteiger partial charge in [0.25, 0.3) is 0 Å². The topological polar surface area (TPSA) is 46.2 Å². The van der Waals surface area contributed by atoms with Gasteiger partial charge in [-0.25, -0.2) is 4.98 Å². The molecule has 4 heterocycles. The standard InChI is InChI=1S/C19H22N4O/c1-22-16-5-3-2-4-15(16)21-19(22)18-7-6-14(24-18)12-23-9-8-13-10-20-11-17(13)23/h2-7,13,17,20H,8-12H2,1H3/t13-,17+/m0/s1. The minimum absolute atomic E-state index is 0.675. The Balaban J connectivity index is 1.41. The van der Waals surface area contributed by atoms with Crippen molar-refractivity contribution < 1.29 is 4.42 Å². The molecular weight excluding hydrogens is 300 g/mol. The van der Waals surface area contributed by atoms with E-state index in [1.54, 1.807) is 0 Å². The summed E-state index contributed by atoms with van der Waals surface area (Å²) in [6.45, 7) is 4.36. The molecule has 0 spiro atoms. The van der Waals surface area contributed by atoms with Gasteiger partial charge in [-0.3, -0.25) is 4.90 Å². The third-order valence-corrected chi connectivity index (χ3v) is 5.59. The van der Waals surface area contributed by atoms with E-state index in [-0.39, 0.29) is 0 Å². The molecule has 2 atom stereocenters. The molecule has 0 saturated carbocycles. The fourth-order valence-electron chi connectivity index (χ4n) is 4.28. The number of imidazole rings is 1. The molecule has 0 amide bonds. The number of rotatable bonds is 3. The predicted molar refractivity (Wildman–Crippen MR) is 93.6 cm³/mol. The van der Waals surface area contributed by atoms with Crippen LogP contribution in [0.3, 0.4) is 0 Å². The van der Waals surface area contributed by atoms with Crippen molar-refractivity contribution in [2.75, 3.05) is 19.6 Å². The molecule has 2 fully saturated rings. The summed E-state index contributed by atoms with van der Waals surface area (Å²) in [5.74, 6) is 3.59. The predicted octanol–water partition coefficient (Wildman–Crippen LogP) is 2.63. The van der Waals surface area contributed by atoms with E-state index in [0.29, 0.717) is 6.04 Å². The van der Waals surface area contributed by atoms with Gasteiger partial charge in [0.15, 0.2) is 11.6 Å². The average Bonchev–Trinajstić information content (AvgIpc) is 3.34. The van der Waals surface area contributed by atoms with E-state index in [1.165, 1.54) is 19.5 Å². The van der Waals surface area contributed by atoms with E-state index >= 15 is 0 Å². The van der Waals surface area contributed by atoms with E-state index in [4.69, 9.17) is 9.40 Å². The van der Waals surface area contributed by atoms with Gasteiger partial charge < -0.3 is 14.3 Å². The summed E-state index contributed by atoms with van der Waals surface area (Å²) in [6.07, 6.45) is 1.30. The number of hydrogen-bond acceptors (Lipinski definition) is 4. The molecule has 5 heteroatoms. The lowest BCUT2D eigenvalue weighted by molar-refractivity contribution is 0.225. The lowest BCUT2D eigenvalue weighted by atomic mass is 10.1. The molecule has 1 N–H and O–H groups in total. The third kappa shape index (κ3) is 2.19. The summed E-state index contributed by atoms with van der Waals surface area (Å²) in [5.41, 5.74) is 2.14. The Morgan fingerprint density at radius 3 is 3.04 bits per heavy atom. The van der Waals surface area contributed by atoms with Crippen molar-refractivity contribution in [3.8, 4) is 11.6 Å². The molecule has 2 aliphatic rings. The van der Waals surface area contributed by atoms with Crippen LogP contribution >= 0.6 is 0 Å². The summed E-state index contributed by atoms with van der Waals surface area (Å²) in [6, 6.07) is 13.0. The molecule has 0 bridgehead atoms. The second-order valence-corrected chi connectivity index (χ2v) is 6.99. The lowest BCUT2D eigenvalue weighted by Crippen LogP contribution is -2.33. The normalized spacial score (nSPS) is 24.0. The van der Waals surface area contributed by atoms with Crippen molar-refractivity contribution in [2.45, 2.75) is 19.0 Å². The van der Waals surface area contributed by atoms with Crippen molar-refractivity contribution in [1.82, 2.24) is 19.8 Å². The molecule has 0 aliphatic carbocycles. The van der Waals surface area contributed by atoms with E-state index < -0.39 is 0 Å². The largest absolute Gasteiger partial charge is 0.456 e. The van der Waals surface area contributed by atoms with Crippen molar-refractivity contribution in [3.63, 3.8) is 0 Å². The van der Waals surface area contributed by atoms with Crippen LogP contribution in [0.1, 0.15) is 12.2 Å². The van der Waals surface area contributed by atoms with Crippen LogP contribution in [-0.4, -0.2) is 40.1 Å². The third-order valence-electron chi connectivity index (χ3n) is 5.59. The van der Waals surface area contributed by atoms with Gasteiger partial charge in [-0.15, -0.1) is 0 Å². The number of furan rings is 1. The molecular formula is C19H22N4O. The number of aromatic nitrogens is 2. The summed E-state index contributed by atoms with van der Waals surface area (Å²) in [5, 5.41) is 3.51. The molecule has 24 heavy (non-hydrogen) atoms. The molecule has 124 valence electrons. The van der Waals surface area contributed by atoms with Crippen molar-refractivity contribution in [1.29, 1.82) is 0 Å². The van der Waals surface area contributed by atoms with Crippen molar-refractivity contribution in [2.24, 2.45) is 13.0 Å². The second-order valence-electron chi connectivity index (χ2n) is 6.99. The van der Waals surface area contributed by atoms with Gasteiger partial charge in [-0.05, 0) is 49.7 Å². The van der Waals surface area contributed by atoms with E-state index in [0.717, 1.165) is 47.4 Å². The Kier molecular flexibility index (Phi) is 3.24. The van der Waals surface area contributed by atoms with Crippen molar-refractivity contribution >= 4 is 11.0 Å². The molecule has 2 aromatic heterocycles. The minimum atomic E-state index is 0.675. The SMILES string of the molecule is Cn1c(-c2ccc(CN3CC[C@H]4CNC[C@H]43)o2)nc2ccccc21. The Hall–Kier alpha value is -2.11. The Morgan fingerprint density at radius 2 is 2.12 bits per heavy atom. The molecule has 3 aromatic rings. The first kappa shape index (κ1) is 14.3. The molecule has 5 rings (SSSR count). The van der Waals surface area contributed by atoms with Crippen LogP contribution in [0.15, 0.2) is 40.8 Å². The average molecular weight is 322 g/mol. The highest BCUT2D eigenvalue weighted by molar-refractivity contribution is 5.79. The zero-order valence-electron chi connectivity index (χ0n) is 13.9. The summed E-state index contributed by atoms with van der Waals surface area (Å²) < 4.78 is 8.25. The van der Waals surface area contributed by atoms with Gasteiger partial charge >= 0.3 is 0 Å². The fraction of sp³-hybridized carbons (Fsp3) is 0.421. The fourth-order valence-corrected chi connectivity index (χ4v) is 4.28. The molecule has 5 nitrogen and oxygen atoms in total. The van der Waals surface area contributed by atoms with Crippen molar-refractivity contribution in [3.05, 3.63) is 42.2 Å². The Morgan fingerprint density at radius 1 is 1.21 bits per heavy atom. The van der Waals surface area contributed by atoms with Crippen LogP contribution in [0, 0.1) is 5.92 Å². The first-order chi connectivity index (χ1) is 11.8. The Bertz CT molecular complexity index is 881. The summed E-state index contributed by atoms with van der Waals surface area (Å²) >= 11 is 0. The van der Waals surface area contributed by atoms with Gasteiger partial charge in [0, 0.05) is 19.6 Å². The first-order valence-corrected chi connectivity index (χ1v) is 8.75. The number of benzene rings is 1. The van der Waals surface area contributed by atoms with Crippen LogP contribution in [0.4, 0.5) is 0 Å². The van der Waals surface area contributed by atoms with Gasteiger partial charge in [-0.1, -0.05) is 12.1 Å². The van der Waals surface area contributed by atoms with E-state index in [9.17, 15) is 0 Å². The second kappa shape index (κ2) is 5.46. The number of likely N-dealkylation sites (tertiary alicyclic amines) is 1. The first-order valence-electron chi connectivity index (χ1n) is 8.75. The molecule has 2 aliphatic heterocycles. The maximum atomic E-state index is 6.15. The minimum Gasteiger partial charge on any atom is -0.456 e. The highest BCUT2D eigenvalue weighted by atomic mass is 16.3. The maximum Gasteiger partial charge on any atom is 0.176 e. The van der Waals surface area contributed by atoms with Crippen LogP contribution in [-0.2, 0) is 13.6 Å². The van der Waals surface area contributed by atoms with E-state index in [1.807, 2.05) is 25.2 Å².